The molecular formula is C27H27F2N3O4S. The Balaban J connectivity index is 1.42. The van der Waals surface area contributed by atoms with E-state index in [4.69, 9.17) is 4.74 Å². The maximum Gasteiger partial charge on any atom is 0.195 e. The van der Waals surface area contributed by atoms with Gasteiger partial charge in [0.15, 0.2) is 14.9 Å². The van der Waals surface area contributed by atoms with Gasteiger partial charge in [0, 0.05) is 0 Å². The Morgan fingerprint density at radius 1 is 1.08 bits per heavy atom. The third kappa shape index (κ3) is 3.49. The van der Waals surface area contributed by atoms with Crippen LogP contribution in [0.1, 0.15) is 56.0 Å². The second-order valence-corrected chi connectivity index (χ2v) is 13.1. The number of rotatable bonds is 6. The second kappa shape index (κ2) is 8.09. The zero-order valence-corrected chi connectivity index (χ0v) is 21.4. The minimum Gasteiger partial charge on any atom is -0.385 e. The molecule has 3 aromatic rings. The van der Waals surface area contributed by atoms with E-state index in [2.05, 4.69) is 29.0 Å². The van der Waals surface area contributed by atoms with Crippen LogP contribution in [0.25, 0.3) is 11.3 Å². The molecule has 2 aromatic heterocycles. The van der Waals surface area contributed by atoms with Crippen LogP contribution in [0.4, 0.5) is 8.78 Å². The molecule has 37 heavy (non-hydrogen) atoms. The minimum absolute atomic E-state index is 0.0431. The van der Waals surface area contributed by atoms with Crippen molar-refractivity contribution in [1.29, 1.82) is 0 Å². The molecule has 0 spiro atoms. The van der Waals surface area contributed by atoms with E-state index in [1.54, 1.807) is 12.1 Å². The fourth-order valence-electron chi connectivity index (χ4n) is 6.49. The number of sulfone groups is 1. The summed E-state index contributed by atoms with van der Waals surface area (Å²) in [4.78, 5) is 4.66. The van der Waals surface area contributed by atoms with Crippen molar-refractivity contribution in [3.63, 3.8) is 0 Å². The number of hydrogen-bond donors (Lipinski definition) is 1. The summed E-state index contributed by atoms with van der Waals surface area (Å²) in [6, 6.07) is 10.4. The molecule has 1 aromatic carbocycles. The van der Waals surface area contributed by atoms with E-state index in [0.29, 0.717) is 17.8 Å². The Labute approximate surface area is 213 Å². The van der Waals surface area contributed by atoms with Crippen LogP contribution in [-0.2, 0) is 20.0 Å². The maximum absolute atomic E-state index is 14.5. The summed E-state index contributed by atoms with van der Waals surface area (Å²) in [6.45, 7) is 4.46. The van der Waals surface area contributed by atoms with Gasteiger partial charge in [-0.1, -0.05) is 26.0 Å². The molecule has 1 aliphatic heterocycles. The van der Waals surface area contributed by atoms with Crippen LogP contribution < -0.4 is 0 Å². The molecule has 0 amide bonds. The lowest BCUT2D eigenvalue weighted by molar-refractivity contribution is -0.178. The molecule has 6 rings (SSSR count). The van der Waals surface area contributed by atoms with Crippen LogP contribution in [0, 0.1) is 17.0 Å². The Bertz CT molecular complexity index is 1500. The van der Waals surface area contributed by atoms with E-state index in [9.17, 15) is 22.3 Å². The highest BCUT2D eigenvalue weighted by Crippen LogP contribution is 2.69. The number of aliphatic hydroxyl groups is 1. The van der Waals surface area contributed by atoms with Crippen LogP contribution in [0.3, 0.4) is 0 Å². The first-order valence-corrected chi connectivity index (χ1v) is 14.0. The molecule has 194 valence electrons. The fraction of sp³-hybridized carbons (Fsp3) is 0.444. The van der Waals surface area contributed by atoms with Crippen molar-refractivity contribution in [1.82, 2.24) is 15.2 Å². The van der Waals surface area contributed by atoms with Gasteiger partial charge < -0.3 is 9.84 Å². The number of benzene rings is 1. The Kier molecular flexibility index (Phi) is 5.36. The SMILES string of the molecule is CC1(C)[C@H]2CC[C@]1(c1cccc(S(=O)(=O)CCC3(O)COC3)n1)c1nnc(-c3c(F)cccc3F)cc12. The maximum atomic E-state index is 14.5. The van der Waals surface area contributed by atoms with Crippen LogP contribution >= 0.6 is 0 Å². The van der Waals surface area contributed by atoms with E-state index in [1.807, 2.05) is 6.07 Å². The number of fused-ring (bicyclic) bond motifs is 5. The molecular weight excluding hydrogens is 500 g/mol. The van der Waals surface area contributed by atoms with Gasteiger partial charge in [0.25, 0.3) is 0 Å². The predicted molar refractivity (Wildman–Crippen MR) is 131 cm³/mol. The predicted octanol–water partition coefficient (Wildman–Crippen LogP) is 3.95. The lowest BCUT2D eigenvalue weighted by Crippen LogP contribution is -2.50. The van der Waals surface area contributed by atoms with Crippen LogP contribution in [0.2, 0.25) is 0 Å². The van der Waals surface area contributed by atoms with Crippen molar-refractivity contribution in [2.75, 3.05) is 19.0 Å². The normalized spacial score (nSPS) is 25.1. The molecule has 1 saturated heterocycles. The van der Waals surface area contributed by atoms with Gasteiger partial charge >= 0.3 is 0 Å². The second-order valence-electron chi connectivity index (χ2n) is 11.0. The van der Waals surface area contributed by atoms with Crippen molar-refractivity contribution in [3.8, 4) is 11.3 Å². The first-order chi connectivity index (χ1) is 17.5. The highest BCUT2D eigenvalue weighted by atomic mass is 32.2. The molecule has 3 heterocycles. The number of halogens is 2. The summed E-state index contributed by atoms with van der Waals surface area (Å²) in [6.07, 6.45) is 1.58. The van der Waals surface area contributed by atoms with Crippen molar-refractivity contribution < 1.29 is 27.0 Å². The lowest BCUT2D eigenvalue weighted by atomic mass is 9.66. The molecule has 0 unspecified atom stereocenters. The van der Waals surface area contributed by atoms with E-state index in [1.165, 1.54) is 24.3 Å². The number of nitrogens with zero attached hydrogens (tertiary/aromatic N) is 3. The van der Waals surface area contributed by atoms with E-state index >= 15 is 0 Å². The topological polar surface area (TPSA) is 102 Å². The summed E-state index contributed by atoms with van der Waals surface area (Å²) in [5.41, 5.74) is -0.137. The molecule has 2 atom stereocenters. The monoisotopic (exact) mass is 527 g/mol. The van der Waals surface area contributed by atoms with Gasteiger partial charge in [-0.2, -0.15) is 5.10 Å². The molecule has 1 N–H and O–H groups in total. The quantitative estimate of drug-likeness (QED) is 0.518. The lowest BCUT2D eigenvalue weighted by Gasteiger charge is -2.37. The molecule has 2 aliphatic carbocycles. The van der Waals surface area contributed by atoms with E-state index in [0.717, 1.165) is 12.0 Å². The van der Waals surface area contributed by atoms with Crippen LogP contribution in [-0.4, -0.2) is 53.3 Å². The van der Waals surface area contributed by atoms with Gasteiger partial charge in [0.05, 0.1) is 47.0 Å². The van der Waals surface area contributed by atoms with E-state index < -0.39 is 32.5 Å². The average molecular weight is 528 g/mol. The summed E-state index contributed by atoms with van der Waals surface area (Å²) in [5, 5.41) is 19.0. The van der Waals surface area contributed by atoms with Crippen molar-refractivity contribution in [2.24, 2.45) is 5.41 Å². The summed E-state index contributed by atoms with van der Waals surface area (Å²) >= 11 is 0. The minimum atomic E-state index is -3.76. The number of pyridine rings is 1. The van der Waals surface area contributed by atoms with Crippen molar-refractivity contribution >= 4 is 9.84 Å². The number of ether oxygens (including phenoxy) is 1. The standard InChI is InChI=1S/C27H27F2N3O4S/c1-25(2)17-9-10-27(25,24-16(17)13-20(31-32-24)23-18(28)5-3-6-19(23)29)21-7-4-8-22(30-21)37(34,35)12-11-26(33)14-36-15-26/h3-8,13,17,33H,9-12,14-15H2,1-2H3/t17-,27-/m0/s1. The largest absolute Gasteiger partial charge is 0.385 e. The Hall–Kier alpha value is -2.82. The third-order valence-corrected chi connectivity index (χ3v) is 10.3. The average Bonchev–Trinajstić information content (AvgIpc) is 3.23. The molecule has 10 heteroatoms. The zero-order valence-electron chi connectivity index (χ0n) is 20.5. The fourth-order valence-corrected chi connectivity index (χ4v) is 7.87. The van der Waals surface area contributed by atoms with Crippen LogP contribution in [0.5, 0.6) is 0 Å². The van der Waals surface area contributed by atoms with Crippen LogP contribution in [0.15, 0.2) is 47.5 Å². The first-order valence-electron chi connectivity index (χ1n) is 12.3. The summed E-state index contributed by atoms with van der Waals surface area (Å²) < 4.78 is 60.3. The van der Waals surface area contributed by atoms with Gasteiger partial charge in [0.1, 0.15) is 17.2 Å². The molecule has 0 radical (unpaired) electrons. The van der Waals surface area contributed by atoms with Crippen molar-refractivity contribution in [2.45, 2.75) is 55.1 Å². The van der Waals surface area contributed by atoms with Gasteiger partial charge in [-0.05, 0) is 66.5 Å². The van der Waals surface area contributed by atoms with Gasteiger partial charge in [-0.25, -0.2) is 22.2 Å². The van der Waals surface area contributed by atoms with Gasteiger partial charge in [0.2, 0.25) is 0 Å². The highest BCUT2D eigenvalue weighted by Gasteiger charge is 2.65. The molecule has 2 bridgehead atoms. The highest BCUT2D eigenvalue weighted by molar-refractivity contribution is 7.91. The Morgan fingerprint density at radius 3 is 2.46 bits per heavy atom. The van der Waals surface area contributed by atoms with E-state index in [-0.39, 0.29) is 53.0 Å². The summed E-state index contributed by atoms with van der Waals surface area (Å²) in [7, 11) is -3.76. The molecule has 3 aliphatic rings. The third-order valence-electron chi connectivity index (χ3n) is 8.66. The first kappa shape index (κ1) is 24.5. The van der Waals surface area contributed by atoms with Gasteiger partial charge in [-0.15, -0.1) is 5.10 Å². The smallest absolute Gasteiger partial charge is 0.195 e. The molecule has 7 nitrogen and oxygen atoms in total. The summed E-state index contributed by atoms with van der Waals surface area (Å²) in [5.74, 6) is -1.61. The zero-order chi connectivity index (χ0) is 26.2. The van der Waals surface area contributed by atoms with Crippen molar-refractivity contribution in [3.05, 3.63) is 71.1 Å². The van der Waals surface area contributed by atoms with Gasteiger partial charge in [-0.3, -0.25) is 0 Å². The number of aromatic nitrogens is 3. The molecule has 1 saturated carbocycles. The Morgan fingerprint density at radius 2 is 1.78 bits per heavy atom. The molecule has 2 fully saturated rings. The number of hydrogen-bond acceptors (Lipinski definition) is 7.